The highest BCUT2D eigenvalue weighted by molar-refractivity contribution is 5.91. The fraction of sp³-hybridized carbons (Fsp3) is 0.391. The van der Waals surface area contributed by atoms with Crippen LogP contribution in [-0.2, 0) is 0 Å². The Morgan fingerprint density at radius 1 is 1.23 bits per heavy atom. The van der Waals surface area contributed by atoms with E-state index in [-0.39, 0.29) is 17.6 Å². The number of benzene rings is 1. The molecule has 1 fully saturated rings. The normalized spacial score (nSPS) is 15.7. The highest BCUT2D eigenvalue weighted by atomic mass is 16.5. The lowest BCUT2D eigenvalue weighted by Crippen LogP contribution is -2.31. The third-order valence-corrected chi connectivity index (χ3v) is 5.96. The van der Waals surface area contributed by atoms with Crippen LogP contribution in [0.25, 0.3) is 22.4 Å². The second-order valence-corrected chi connectivity index (χ2v) is 8.42. The molecule has 8 nitrogen and oxygen atoms in total. The van der Waals surface area contributed by atoms with Crippen molar-refractivity contribution in [3.8, 4) is 11.4 Å². The van der Waals surface area contributed by atoms with Gasteiger partial charge in [-0.3, -0.25) is 4.79 Å². The van der Waals surface area contributed by atoms with Gasteiger partial charge in [0.2, 0.25) is 11.7 Å². The number of fused-ring (bicyclic) bond motifs is 1. The summed E-state index contributed by atoms with van der Waals surface area (Å²) in [6.45, 7) is 3.97. The van der Waals surface area contributed by atoms with E-state index in [2.05, 4.69) is 31.1 Å². The first kappa shape index (κ1) is 19.5. The maximum Gasteiger partial charge on any atom is 0.287 e. The summed E-state index contributed by atoms with van der Waals surface area (Å²) >= 11 is 0. The number of aromatic nitrogens is 4. The van der Waals surface area contributed by atoms with E-state index in [1.54, 1.807) is 12.1 Å². The van der Waals surface area contributed by atoms with Gasteiger partial charge in [0.05, 0.1) is 23.6 Å². The fourth-order valence-electron chi connectivity index (χ4n) is 4.26. The molecule has 1 unspecified atom stereocenters. The summed E-state index contributed by atoms with van der Waals surface area (Å²) in [6, 6.07) is 9.46. The summed E-state index contributed by atoms with van der Waals surface area (Å²) in [5, 5.41) is 7.07. The average Bonchev–Trinajstić information content (AvgIpc) is 3.55. The molecule has 31 heavy (non-hydrogen) atoms. The molecule has 3 heterocycles. The van der Waals surface area contributed by atoms with Crippen LogP contribution >= 0.6 is 0 Å². The van der Waals surface area contributed by atoms with Crippen LogP contribution in [0.2, 0.25) is 0 Å². The Hall–Kier alpha value is -3.42. The van der Waals surface area contributed by atoms with Gasteiger partial charge in [0, 0.05) is 11.6 Å². The molecule has 1 aliphatic rings. The predicted molar refractivity (Wildman–Crippen MR) is 114 cm³/mol. The predicted octanol–water partition coefficient (Wildman–Crippen LogP) is 4.92. The Kier molecular flexibility index (Phi) is 5.05. The van der Waals surface area contributed by atoms with Gasteiger partial charge in [-0.25, -0.2) is 4.98 Å². The summed E-state index contributed by atoms with van der Waals surface area (Å²) in [5.41, 5.74) is 2.88. The molecule has 1 atom stereocenters. The molecular weight excluding hydrogens is 394 g/mol. The van der Waals surface area contributed by atoms with Crippen LogP contribution in [0.15, 0.2) is 51.9 Å². The molecule has 1 saturated carbocycles. The highest BCUT2D eigenvalue weighted by Gasteiger charge is 2.26. The summed E-state index contributed by atoms with van der Waals surface area (Å²) in [4.78, 5) is 21.6. The molecular formula is C23H25N5O3. The topological polar surface area (TPSA) is 99.0 Å². The Balaban J connectivity index is 1.39. The number of imidazole rings is 1. The van der Waals surface area contributed by atoms with Gasteiger partial charge < -0.3 is 18.8 Å². The molecule has 1 amide bonds. The molecule has 1 aromatic carbocycles. The Morgan fingerprint density at radius 2 is 2.06 bits per heavy atom. The number of furan rings is 1. The van der Waals surface area contributed by atoms with Crippen molar-refractivity contribution in [1.82, 2.24) is 25.0 Å². The monoisotopic (exact) mass is 419 g/mol. The number of rotatable bonds is 6. The van der Waals surface area contributed by atoms with Gasteiger partial charge in [0.25, 0.3) is 5.91 Å². The van der Waals surface area contributed by atoms with Crippen LogP contribution in [0.4, 0.5) is 0 Å². The van der Waals surface area contributed by atoms with Crippen LogP contribution in [0.5, 0.6) is 0 Å². The molecule has 3 aromatic heterocycles. The van der Waals surface area contributed by atoms with Gasteiger partial charge in [-0.2, -0.15) is 4.98 Å². The average molecular weight is 419 g/mol. The lowest BCUT2D eigenvalue weighted by molar-refractivity contribution is 0.0885. The molecule has 4 aromatic rings. The molecule has 8 heteroatoms. The maximum absolute atomic E-state index is 12.4. The molecule has 0 radical (unpaired) electrons. The van der Waals surface area contributed by atoms with Crippen molar-refractivity contribution in [3.63, 3.8) is 0 Å². The standard InChI is InChI=1S/C23H25N5O3/c1-14(2)20(25-22(29)19-8-5-11-30-19)23-26-21(27-31-23)15-9-10-18-17(12-15)24-13-28(18)16-6-3-4-7-16/h5,8-14,16,20H,3-4,6-7H2,1-2H3,(H,25,29). The number of nitrogens with one attached hydrogen (secondary N) is 1. The van der Waals surface area contributed by atoms with Gasteiger partial charge in [-0.1, -0.05) is 31.8 Å². The second kappa shape index (κ2) is 8.02. The minimum absolute atomic E-state index is 0.0526. The van der Waals surface area contributed by atoms with Crippen molar-refractivity contribution in [2.24, 2.45) is 5.92 Å². The van der Waals surface area contributed by atoms with Crippen LogP contribution in [0, 0.1) is 5.92 Å². The molecule has 0 saturated heterocycles. The van der Waals surface area contributed by atoms with Gasteiger partial charge in [0.1, 0.15) is 6.04 Å². The zero-order valence-corrected chi connectivity index (χ0v) is 17.6. The van der Waals surface area contributed by atoms with Gasteiger partial charge >= 0.3 is 0 Å². The van der Waals surface area contributed by atoms with Crippen molar-refractivity contribution in [1.29, 1.82) is 0 Å². The van der Waals surface area contributed by atoms with E-state index in [1.807, 2.05) is 32.3 Å². The SMILES string of the molecule is CC(C)C(NC(=O)c1ccco1)c1nc(-c2ccc3c(c2)ncn3C2CCCC2)no1. The quantitative estimate of drug-likeness (QED) is 0.476. The van der Waals surface area contributed by atoms with E-state index < -0.39 is 6.04 Å². The number of carbonyl (C=O) groups excluding carboxylic acids is 1. The molecule has 0 spiro atoms. The van der Waals surface area contributed by atoms with Crippen molar-refractivity contribution >= 4 is 16.9 Å². The van der Waals surface area contributed by atoms with E-state index in [0.29, 0.717) is 17.8 Å². The third kappa shape index (κ3) is 3.73. The number of nitrogens with zero attached hydrogens (tertiary/aromatic N) is 4. The Labute approximate surface area is 179 Å². The maximum atomic E-state index is 12.4. The summed E-state index contributed by atoms with van der Waals surface area (Å²) in [7, 11) is 0. The van der Waals surface area contributed by atoms with Crippen molar-refractivity contribution in [2.75, 3.05) is 0 Å². The lowest BCUT2D eigenvalue weighted by atomic mass is 10.0. The van der Waals surface area contributed by atoms with Crippen LogP contribution in [0.1, 0.15) is 68.1 Å². The Bertz CT molecular complexity index is 1190. The van der Waals surface area contributed by atoms with E-state index in [4.69, 9.17) is 8.94 Å². The van der Waals surface area contributed by atoms with Crippen molar-refractivity contribution in [2.45, 2.75) is 51.6 Å². The first-order chi connectivity index (χ1) is 15.1. The lowest BCUT2D eigenvalue weighted by Gasteiger charge is -2.17. The summed E-state index contributed by atoms with van der Waals surface area (Å²) in [6.07, 6.45) is 8.38. The molecule has 1 N–H and O–H groups in total. The third-order valence-electron chi connectivity index (χ3n) is 5.96. The first-order valence-electron chi connectivity index (χ1n) is 10.7. The number of amides is 1. The number of hydrogen-bond donors (Lipinski definition) is 1. The first-order valence-corrected chi connectivity index (χ1v) is 10.7. The molecule has 0 bridgehead atoms. The Morgan fingerprint density at radius 3 is 2.81 bits per heavy atom. The fourth-order valence-corrected chi connectivity index (χ4v) is 4.26. The summed E-state index contributed by atoms with van der Waals surface area (Å²) < 4.78 is 13.0. The minimum atomic E-state index is -0.427. The number of carbonyl (C=O) groups is 1. The molecule has 160 valence electrons. The zero-order chi connectivity index (χ0) is 21.4. The van der Waals surface area contributed by atoms with E-state index in [9.17, 15) is 4.79 Å². The van der Waals surface area contributed by atoms with E-state index >= 15 is 0 Å². The van der Waals surface area contributed by atoms with Crippen molar-refractivity contribution < 1.29 is 13.7 Å². The van der Waals surface area contributed by atoms with Crippen LogP contribution in [-0.4, -0.2) is 25.6 Å². The van der Waals surface area contributed by atoms with Gasteiger partial charge in [-0.15, -0.1) is 0 Å². The van der Waals surface area contributed by atoms with E-state index in [0.717, 1.165) is 16.6 Å². The zero-order valence-electron chi connectivity index (χ0n) is 17.6. The smallest absolute Gasteiger partial charge is 0.287 e. The summed E-state index contributed by atoms with van der Waals surface area (Å²) in [5.74, 6) is 0.819. The largest absolute Gasteiger partial charge is 0.459 e. The van der Waals surface area contributed by atoms with Gasteiger partial charge in [-0.05, 0) is 49.1 Å². The minimum Gasteiger partial charge on any atom is -0.459 e. The van der Waals surface area contributed by atoms with Gasteiger partial charge in [0.15, 0.2) is 5.76 Å². The molecule has 1 aliphatic carbocycles. The molecule has 5 rings (SSSR count). The highest BCUT2D eigenvalue weighted by Crippen LogP contribution is 2.33. The molecule has 0 aliphatic heterocycles. The van der Waals surface area contributed by atoms with E-state index in [1.165, 1.54) is 31.9 Å². The van der Waals surface area contributed by atoms with Crippen molar-refractivity contribution in [3.05, 3.63) is 54.6 Å². The van der Waals surface area contributed by atoms with Crippen LogP contribution in [0.3, 0.4) is 0 Å². The second-order valence-electron chi connectivity index (χ2n) is 8.42. The van der Waals surface area contributed by atoms with Crippen LogP contribution < -0.4 is 5.32 Å². The number of hydrogen-bond acceptors (Lipinski definition) is 6.